The smallest absolute Gasteiger partial charge is 0.251 e. The lowest BCUT2D eigenvalue weighted by molar-refractivity contribution is -0.120. The van der Waals surface area contributed by atoms with E-state index in [0.29, 0.717) is 6.07 Å². The second-order valence-electron chi connectivity index (χ2n) is 4.47. The van der Waals surface area contributed by atoms with Crippen LogP contribution in [0, 0.1) is 17.6 Å². The lowest BCUT2D eigenvalue weighted by Gasteiger charge is -2.14. The van der Waals surface area contributed by atoms with E-state index < -0.39 is 41.0 Å². The Kier molecular flexibility index (Phi) is 3.96. The molecule has 6 nitrogen and oxygen atoms in total. The van der Waals surface area contributed by atoms with Crippen LogP contribution in [0.5, 0.6) is 0 Å². The number of ether oxygens (including phenoxy) is 1. The number of nitrogens with one attached hydrogen (secondary N) is 1. The molecule has 108 valence electrons. The van der Waals surface area contributed by atoms with E-state index in [4.69, 9.17) is 16.2 Å². The standard InChI is InChI=1S/C12H13F2N3O3/c13-7-2-8(14)10(1-5(7)11(16)18)17-12(19)6-3-20-4-9(6)15/h1-2,6,9H,3-4,15H2,(H2,16,18)(H,17,19). The molecule has 1 aromatic rings. The molecule has 2 unspecified atom stereocenters. The van der Waals surface area contributed by atoms with Crippen LogP contribution < -0.4 is 16.8 Å². The molecule has 1 saturated heterocycles. The molecule has 2 atom stereocenters. The van der Waals surface area contributed by atoms with Crippen LogP contribution >= 0.6 is 0 Å². The summed E-state index contributed by atoms with van der Waals surface area (Å²) in [6.45, 7) is 0.356. The summed E-state index contributed by atoms with van der Waals surface area (Å²) < 4.78 is 31.9. The highest BCUT2D eigenvalue weighted by Gasteiger charge is 2.32. The summed E-state index contributed by atoms with van der Waals surface area (Å²) in [5.74, 6) is -4.34. The van der Waals surface area contributed by atoms with Gasteiger partial charge in [-0.25, -0.2) is 8.78 Å². The molecule has 2 rings (SSSR count). The highest BCUT2D eigenvalue weighted by atomic mass is 19.1. The highest BCUT2D eigenvalue weighted by molar-refractivity contribution is 5.97. The van der Waals surface area contributed by atoms with Gasteiger partial charge in [-0.1, -0.05) is 0 Å². The van der Waals surface area contributed by atoms with E-state index in [-0.39, 0.29) is 18.9 Å². The lowest BCUT2D eigenvalue weighted by Crippen LogP contribution is -2.37. The number of carbonyl (C=O) groups excluding carboxylic acids is 2. The Bertz CT molecular complexity index is 565. The van der Waals surface area contributed by atoms with Crippen LogP contribution in [0.25, 0.3) is 0 Å². The molecule has 5 N–H and O–H groups in total. The lowest BCUT2D eigenvalue weighted by atomic mass is 10.0. The van der Waals surface area contributed by atoms with Gasteiger partial charge in [-0.2, -0.15) is 0 Å². The normalized spacial score (nSPS) is 21.8. The van der Waals surface area contributed by atoms with Crippen LogP contribution in [0.15, 0.2) is 12.1 Å². The van der Waals surface area contributed by atoms with Crippen molar-refractivity contribution >= 4 is 17.5 Å². The van der Waals surface area contributed by atoms with E-state index in [1.807, 2.05) is 0 Å². The van der Waals surface area contributed by atoms with Crippen molar-refractivity contribution in [1.82, 2.24) is 0 Å². The van der Waals surface area contributed by atoms with Gasteiger partial charge in [0.15, 0.2) is 0 Å². The van der Waals surface area contributed by atoms with Crippen LogP contribution in [-0.2, 0) is 9.53 Å². The number of halogens is 2. The molecule has 1 fully saturated rings. The predicted molar refractivity (Wildman–Crippen MR) is 65.8 cm³/mol. The van der Waals surface area contributed by atoms with Gasteiger partial charge in [0.1, 0.15) is 11.6 Å². The minimum absolute atomic E-state index is 0.124. The van der Waals surface area contributed by atoms with E-state index in [2.05, 4.69) is 5.32 Å². The average Bonchev–Trinajstić information content (AvgIpc) is 2.78. The third kappa shape index (κ3) is 2.75. The van der Waals surface area contributed by atoms with Crippen LogP contribution in [0.2, 0.25) is 0 Å². The summed E-state index contributed by atoms with van der Waals surface area (Å²) in [6, 6.07) is 0.849. The monoisotopic (exact) mass is 285 g/mol. The topological polar surface area (TPSA) is 107 Å². The van der Waals surface area contributed by atoms with Gasteiger partial charge >= 0.3 is 0 Å². The minimum Gasteiger partial charge on any atom is -0.379 e. The Hall–Kier alpha value is -2.06. The van der Waals surface area contributed by atoms with E-state index in [1.54, 1.807) is 0 Å². The Morgan fingerprint density at radius 3 is 2.50 bits per heavy atom. The molecule has 0 radical (unpaired) electrons. The SMILES string of the molecule is NC(=O)c1cc(NC(=O)C2COCC2N)c(F)cc1F. The minimum atomic E-state index is -1.09. The Labute approximate surface area is 113 Å². The second kappa shape index (κ2) is 5.51. The number of hydrogen-bond donors (Lipinski definition) is 3. The number of benzene rings is 1. The van der Waals surface area contributed by atoms with Gasteiger partial charge in [-0.15, -0.1) is 0 Å². The Morgan fingerprint density at radius 1 is 1.25 bits per heavy atom. The average molecular weight is 285 g/mol. The number of anilines is 1. The van der Waals surface area contributed by atoms with E-state index in [1.165, 1.54) is 0 Å². The van der Waals surface area contributed by atoms with E-state index >= 15 is 0 Å². The number of primary amides is 1. The molecule has 20 heavy (non-hydrogen) atoms. The maximum atomic E-state index is 13.6. The molecule has 1 heterocycles. The number of hydrogen-bond acceptors (Lipinski definition) is 4. The molecule has 1 aliphatic heterocycles. The summed E-state index contributed by atoms with van der Waals surface area (Å²) >= 11 is 0. The largest absolute Gasteiger partial charge is 0.379 e. The van der Waals surface area contributed by atoms with Crippen LogP contribution in [0.4, 0.5) is 14.5 Å². The molecule has 0 spiro atoms. The molecule has 8 heteroatoms. The predicted octanol–water partition coefficient (Wildman–Crippen LogP) is -0.0241. The van der Waals surface area contributed by atoms with Crippen molar-refractivity contribution < 1.29 is 23.1 Å². The van der Waals surface area contributed by atoms with Gasteiger partial charge in [0, 0.05) is 12.1 Å². The second-order valence-corrected chi connectivity index (χ2v) is 4.47. The molecule has 0 bridgehead atoms. The van der Waals surface area contributed by atoms with Crippen molar-refractivity contribution in [2.24, 2.45) is 17.4 Å². The number of nitrogens with two attached hydrogens (primary N) is 2. The zero-order valence-electron chi connectivity index (χ0n) is 10.4. The fourth-order valence-electron chi connectivity index (χ4n) is 1.90. The van der Waals surface area contributed by atoms with Crippen molar-refractivity contribution in [1.29, 1.82) is 0 Å². The van der Waals surface area contributed by atoms with Crippen LogP contribution in [0.1, 0.15) is 10.4 Å². The van der Waals surface area contributed by atoms with Crippen LogP contribution in [-0.4, -0.2) is 31.1 Å². The quantitative estimate of drug-likeness (QED) is 0.725. The van der Waals surface area contributed by atoms with Crippen molar-refractivity contribution in [2.75, 3.05) is 18.5 Å². The summed E-state index contributed by atoms with van der Waals surface area (Å²) in [5.41, 5.74) is 9.78. The summed E-state index contributed by atoms with van der Waals surface area (Å²) in [6.07, 6.45) is 0. The van der Waals surface area contributed by atoms with Crippen molar-refractivity contribution in [3.05, 3.63) is 29.3 Å². The maximum absolute atomic E-state index is 13.6. The summed E-state index contributed by atoms with van der Waals surface area (Å²) in [7, 11) is 0. The fourth-order valence-corrected chi connectivity index (χ4v) is 1.90. The first-order valence-corrected chi connectivity index (χ1v) is 5.83. The van der Waals surface area contributed by atoms with Gasteiger partial charge in [-0.3, -0.25) is 9.59 Å². The van der Waals surface area contributed by atoms with Gasteiger partial charge < -0.3 is 21.5 Å². The number of amides is 2. The summed E-state index contributed by atoms with van der Waals surface area (Å²) in [5, 5.41) is 2.26. The molecular weight excluding hydrogens is 272 g/mol. The van der Waals surface area contributed by atoms with Gasteiger partial charge in [0.25, 0.3) is 5.91 Å². The van der Waals surface area contributed by atoms with Crippen molar-refractivity contribution in [2.45, 2.75) is 6.04 Å². The first kappa shape index (κ1) is 14.4. The molecular formula is C12H13F2N3O3. The Morgan fingerprint density at radius 2 is 1.95 bits per heavy atom. The molecule has 0 aliphatic carbocycles. The molecule has 0 aromatic heterocycles. The molecule has 1 aromatic carbocycles. The molecule has 0 saturated carbocycles. The maximum Gasteiger partial charge on any atom is 0.251 e. The zero-order chi connectivity index (χ0) is 14.9. The third-order valence-corrected chi connectivity index (χ3v) is 3.04. The van der Waals surface area contributed by atoms with Crippen molar-refractivity contribution in [3.63, 3.8) is 0 Å². The van der Waals surface area contributed by atoms with E-state index in [0.717, 1.165) is 6.07 Å². The van der Waals surface area contributed by atoms with E-state index in [9.17, 15) is 18.4 Å². The van der Waals surface area contributed by atoms with Gasteiger partial charge in [0.05, 0.1) is 30.4 Å². The third-order valence-electron chi connectivity index (χ3n) is 3.04. The first-order chi connectivity index (χ1) is 9.40. The molecule has 1 aliphatic rings. The Balaban J connectivity index is 2.22. The summed E-state index contributed by atoms with van der Waals surface area (Å²) in [4.78, 5) is 22.9. The number of carbonyl (C=O) groups is 2. The zero-order valence-corrected chi connectivity index (χ0v) is 10.4. The highest BCUT2D eigenvalue weighted by Crippen LogP contribution is 2.21. The first-order valence-electron chi connectivity index (χ1n) is 5.83. The number of rotatable bonds is 3. The van der Waals surface area contributed by atoms with Crippen molar-refractivity contribution in [3.8, 4) is 0 Å². The van der Waals surface area contributed by atoms with Gasteiger partial charge in [0.2, 0.25) is 5.91 Å². The van der Waals surface area contributed by atoms with Gasteiger partial charge in [-0.05, 0) is 6.07 Å². The molecule has 2 amide bonds. The fraction of sp³-hybridized carbons (Fsp3) is 0.333. The van der Waals surface area contributed by atoms with Crippen LogP contribution in [0.3, 0.4) is 0 Å².